The lowest BCUT2D eigenvalue weighted by Crippen LogP contribution is -2.51. The van der Waals surface area contributed by atoms with Crippen LogP contribution in [0.15, 0.2) is 0 Å². The third-order valence-corrected chi connectivity index (χ3v) is 3.87. The Morgan fingerprint density at radius 3 is 2.57 bits per heavy atom. The summed E-state index contributed by atoms with van der Waals surface area (Å²) in [5.41, 5.74) is 0. The summed E-state index contributed by atoms with van der Waals surface area (Å²) in [5, 5.41) is 18.7. The number of ether oxygens (including phenoxy) is 1. The van der Waals surface area contributed by atoms with Gasteiger partial charge in [-0.1, -0.05) is 0 Å². The highest BCUT2D eigenvalue weighted by Gasteiger charge is 2.44. The van der Waals surface area contributed by atoms with Crippen LogP contribution in [0, 0.1) is 0 Å². The molecule has 3 atom stereocenters. The van der Waals surface area contributed by atoms with Crippen molar-refractivity contribution in [3.63, 3.8) is 0 Å². The highest BCUT2D eigenvalue weighted by molar-refractivity contribution is 5.87. The SMILES string of the molecule is CCOC(=O)C1CCCN1C(=O)N1CC(O)C[C@H]1C(=O)O. The predicted octanol–water partition coefficient (Wildman–Crippen LogP) is -0.346. The van der Waals surface area contributed by atoms with Crippen molar-refractivity contribution in [1.82, 2.24) is 9.80 Å². The zero-order chi connectivity index (χ0) is 15.6. The van der Waals surface area contributed by atoms with Crippen molar-refractivity contribution in [2.75, 3.05) is 19.7 Å². The standard InChI is InChI=1S/C13H20N2O6/c1-2-21-12(19)9-4-3-5-14(9)13(20)15-7-8(16)6-10(15)11(17)18/h8-10,16H,2-7H2,1H3,(H,17,18)/t8?,9?,10-/m0/s1. The largest absolute Gasteiger partial charge is 0.480 e. The molecule has 0 aromatic rings. The zero-order valence-electron chi connectivity index (χ0n) is 11.9. The number of urea groups is 1. The first-order valence-electron chi connectivity index (χ1n) is 7.10. The first-order chi connectivity index (χ1) is 9.95. The van der Waals surface area contributed by atoms with Gasteiger partial charge in [0.2, 0.25) is 0 Å². The smallest absolute Gasteiger partial charge is 0.328 e. The molecular formula is C13H20N2O6. The summed E-state index contributed by atoms with van der Waals surface area (Å²) in [5.74, 6) is -1.61. The molecular weight excluding hydrogens is 280 g/mol. The van der Waals surface area contributed by atoms with Crippen LogP contribution in [0.2, 0.25) is 0 Å². The number of aliphatic hydroxyl groups excluding tert-OH is 1. The Labute approximate surface area is 122 Å². The van der Waals surface area contributed by atoms with Gasteiger partial charge in [0.05, 0.1) is 12.7 Å². The molecule has 8 nitrogen and oxygen atoms in total. The number of likely N-dealkylation sites (tertiary alicyclic amines) is 2. The van der Waals surface area contributed by atoms with Gasteiger partial charge in [-0.05, 0) is 19.8 Å². The zero-order valence-corrected chi connectivity index (χ0v) is 11.9. The van der Waals surface area contributed by atoms with Crippen molar-refractivity contribution in [3.8, 4) is 0 Å². The Bertz CT molecular complexity index is 440. The number of carboxylic acids is 1. The molecule has 2 heterocycles. The minimum absolute atomic E-state index is 0.0129. The van der Waals surface area contributed by atoms with Gasteiger partial charge in [-0.15, -0.1) is 0 Å². The van der Waals surface area contributed by atoms with E-state index in [-0.39, 0.29) is 19.6 Å². The van der Waals surface area contributed by atoms with Crippen LogP contribution in [0.4, 0.5) is 4.79 Å². The summed E-state index contributed by atoms with van der Waals surface area (Å²) < 4.78 is 4.95. The maximum Gasteiger partial charge on any atom is 0.328 e. The second-order valence-electron chi connectivity index (χ2n) is 5.28. The summed E-state index contributed by atoms with van der Waals surface area (Å²) in [6.07, 6.45) is 0.347. The quantitative estimate of drug-likeness (QED) is 0.690. The third kappa shape index (κ3) is 3.10. The predicted molar refractivity (Wildman–Crippen MR) is 70.5 cm³/mol. The summed E-state index contributed by atoms with van der Waals surface area (Å²) >= 11 is 0. The van der Waals surface area contributed by atoms with E-state index in [1.165, 1.54) is 4.90 Å². The van der Waals surface area contributed by atoms with Gasteiger partial charge < -0.3 is 24.7 Å². The van der Waals surface area contributed by atoms with Gasteiger partial charge in [-0.2, -0.15) is 0 Å². The fourth-order valence-corrected chi connectivity index (χ4v) is 2.90. The van der Waals surface area contributed by atoms with Gasteiger partial charge in [0.15, 0.2) is 0 Å². The molecule has 2 fully saturated rings. The summed E-state index contributed by atoms with van der Waals surface area (Å²) in [6.45, 7) is 2.29. The molecule has 8 heteroatoms. The molecule has 2 rings (SSSR count). The van der Waals surface area contributed by atoms with E-state index in [0.29, 0.717) is 19.4 Å². The van der Waals surface area contributed by atoms with Crippen LogP contribution in [0.5, 0.6) is 0 Å². The van der Waals surface area contributed by atoms with Crippen molar-refractivity contribution >= 4 is 18.0 Å². The van der Waals surface area contributed by atoms with E-state index < -0.39 is 36.2 Å². The van der Waals surface area contributed by atoms with Crippen molar-refractivity contribution in [2.45, 2.75) is 44.4 Å². The average Bonchev–Trinajstić information content (AvgIpc) is 3.04. The van der Waals surface area contributed by atoms with E-state index in [1.807, 2.05) is 0 Å². The van der Waals surface area contributed by atoms with E-state index in [1.54, 1.807) is 6.92 Å². The highest BCUT2D eigenvalue weighted by Crippen LogP contribution is 2.25. The first kappa shape index (κ1) is 15.6. The second kappa shape index (κ2) is 6.30. The fraction of sp³-hybridized carbons (Fsp3) is 0.769. The molecule has 0 spiro atoms. The summed E-state index contributed by atoms with van der Waals surface area (Å²) in [7, 11) is 0. The normalized spacial score (nSPS) is 28.8. The molecule has 21 heavy (non-hydrogen) atoms. The number of carbonyl (C=O) groups is 3. The van der Waals surface area contributed by atoms with Gasteiger partial charge in [0.1, 0.15) is 12.1 Å². The number of nitrogens with zero attached hydrogens (tertiary/aromatic N) is 2. The second-order valence-corrected chi connectivity index (χ2v) is 5.28. The molecule has 0 aromatic carbocycles. The maximum absolute atomic E-state index is 12.5. The molecule has 0 aliphatic carbocycles. The van der Waals surface area contributed by atoms with Crippen LogP contribution in [0.25, 0.3) is 0 Å². The third-order valence-electron chi connectivity index (χ3n) is 3.87. The molecule has 2 aliphatic heterocycles. The number of esters is 1. The number of carboxylic acid groups (broad SMARTS) is 1. The summed E-state index contributed by atoms with van der Waals surface area (Å²) in [6, 6.07) is -2.23. The van der Waals surface area contributed by atoms with Gasteiger partial charge >= 0.3 is 18.0 Å². The Morgan fingerprint density at radius 2 is 1.95 bits per heavy atom. The Hall–Kier alpha value is -1.83. The molecule has 2 saturated heterocycles. The van der Waals surface area contributed by atoms with Crippen LogP contribution in [-0.2, 0) is 14.3 Å². The number of aliphatic carboxylic acids is 1. The topological polar surface area (TPSA) is 107 Å². The van der Waals surface area contributed by atoms with Crippen molar-refractivity contribution < 1.29 is 29.3 Å². The number of amides is 2. The Kier molecular flexibility index (Phi) is 4.66. The van der Waals surface area contributed by atoms with E-state index >= 15 is 0 Å². The van der Waals surface area contributed by atoms with Crippen LogP contribution in [0.1, 0.15) is 26.2 Å². The monoisotopic (exact) mass is 300 g/mol. The van der Waals surface area contributed by atoms with Gasteiger partial charge in [-0.3, -0.25) is 0 Å². The fourth-order valence-electron chi connectivity index (χ4n) is 2.90. The van der Waals surface area contributed by atoms with Gasteiger partial charge in [0.25, 0.3) is 0 Å². The van der Waals surface area contributed by atoms with Crippen LogP contribution in [0.3, 0.4) is 0 Å². The van der Waals surface area contributed by atoms with Gasteiger partial charge in [-0.25, -0.2) is 14.4 Å². The van der Waals surface area contributed by atoms with Crippen molar-refractivity contribution in [2.24, 2.45) is 0 Å². The first-order valence-corrected chi connectivity index (χ1v) is 7.10. The number of rotatable bonds is 3. The Balaban J connectivity index is 2.11. The molecule has 2 amide bonds. The molecule has 0 radical (unpaired) electrons. The lowest BCUT2D eigenvalue weighted by atomic mass is 10.2. The van der Waals surface area contributed by atoms with Gasteiger partial charge in [0, 0.05) is 19.5 Å². The number of aliphatic hydroxyl groups is 1. The molecule has 2 aliphatic rings. The molecule has 0 aromatic heterocycles. The molecule has 0 bridgehead atoms. The highest BCUT2D eigenvalue weighted by atomic mass is 16.5. The van der Waals surface area contributed by atoms with Crippen molar-refractivity contribution in [1.29, 1.82) is 0 Å². The van der Waals surface area contributed by atoms with E-state index in [2.05, 4.69) is 0 Å². The maximum atomic E-state index is 12.5. The Morgan fingerprint density at radius 1 is 1.24 bits per heavy atom. The van der Waals surface area contributed by atoms with E-state index in [0.717, 1.165) is 4.90 Å². The average molecular weight is 300 g/mol. The van der Waals surface area contributed by atoms with Crippen LogP contribution < -0.4 is 0 Å². The number of carbonyl (C=O) groups excluding carboxylic acids is 2. The van der Waals surface area contributed by atoms with Crippen molar-refractivity contribution in [3.05, 3.63) is 0 Å². The number of β-amino-alcohol motifs (C(OH)–C–C–N with tert-alkyl or cyclic N) is 1. The lowest BCUT2D eigenvalue weighted by Gasteiger charge is -2.30. The number of hydrogen-bond donors (Lipinski definition) is 2. The van der Waals surface area contributed by atoms with Crippen LogP contribution in [-0.4, -0.2) is 75.9 Å². The summed E-state index contributed by atoms with van der Waals surface area (Å²) in [4.78, 5) is 38.0. The minimum Gasteiger partial charge on any atom is -0.480 e. The minimum atomic E-state index is -1.15. The molecule has 118 valence electrons. The lowest BCUT2D eigenvalue weighted by molar-refractivity contribution is -0.147. The van der Waals surface area contributed by atoms with E-state index in [9.17, 15) is 19.5 Å². The molecule has 0 saturated carbocycles. The van der Waals surface area contributed by atoms with E-state index in [4.69, 9.17) is 9.84 Å². The molecule has 2 N–H and O–H groups in total. The molecule has 2 unspecified atom stereocenters. The van der Waals surface area contributed by atoms with Crippen LogP contribution >= 0.6 is 0 Å². The number of hydrogen-bond acceptors (Lipinski definition) is 5.